The van der Waals surface area contributed by atoms with Crippen molar-refractivity contribution in [2.45, 2.75) is 25.9 Å². The third kappa shape index (κ3) is 6.90. The highest BCUT2D eigenvalue weighted by molar-refractivity contribution is 6.01. The van der Waals surface area contributed by atoms with Crippen LogP contribution in [0.1, 0.15) is 34.3 Å². The van der Waals surface area contributed by atoms with Crippen LogP contribution in [0, 0.1) is 0 Å². The number of nitrogens with zero attached hydrogens (tertiary/aromatic N) is 1. The smallest absolute Gasteiger partial charge is 0.335 e. The Balaban J connectivity index is 1.64. The van der Waals surface area contributed by atoms with Gasteiger partial charge in [-0.05, 0) is 54.3 Å². The minimum absolute atomic E-state index is 0.143. The van der Waals surface area contributed by atoms with Crippen LogP contribution in [0.2, 0.25) is 0 Å². The Labute approximate surface area is 191 Å². The van der Waals surface area contributed by atoms with Crippen molar-refractivity contribution in [1.82, 2.24) is 10.6 Å². The molecule has 0 spiro atoms. The number of nitrogens with one attached hydrogen (secondary N) is 2. The minimum Gasteiger partial charge on any atom is -0.497 e. The topological polar surface area (TPSA) is 117 Å². The molecule has 0 fully saturated rings. The molecule has 170 valence electrons. The number of carbonyl (C=O) groups excluding carboxylic acids is 2. The quantitative estimate of drug-likeness (QED) is 0.575. The van der Waals surface area contributed by atoms with E-state index in [1.165, 1.54) is 18.2 Å². The van der Waals surface area contributed by atoms with Gasteiger partial charge >= 0.3 is 5.97 Å². The van der Waals surface area contributed by atoms with Crippen LogP contribution in [0.5, 0.6) is 5.75 Å². The molecule has 0 aromatic heterocycles. The predicted octanol–water partition coefficient (Wildman–Crippen LogP) is 3.00. The molecule has 1 heterocycles. The van der Waals surface area contributed by atoms with Crippen LogP contribution in [-0.2, 0) is 22.7 Å². The van der Waals surface area contributed by atoms with Crippen molar-refractivity contribution in [3.8, 4) is 5.75 Å². The number of carboxylic acids is 1. The number of hydrogen-bond donors (Lipinski definition) is 3. The number of aromatic carboxylic acids is 1. The van der Waals surface area contributed by atoms with Crippen molar-refractivity contribution >= 4 is 24.0 Å². The van der Waals surface area contributed by atoms with Gasteiger partial charge in [0.05, 0.1) is 12.7 Å². The van der Waals surface area contributed by atoms with Crippen LogP contribution >= 0.6 is 0 Å². The number of carbonyl (C=O) groups is 3. The van der Waals surface area contributed by atoms with Gasteiger partial charge in [-0.25, -0.2) is 4.79 Å². The summed E-state index contributed by atoms with van der Waals surface area (Å²) in [5, 5.41) is 14.6. The fourth-order valence-corrected chi connectivity index (χ4v) is 3.11. The number of hydrogen-bond acceptors (Lipinski definition) is 5. The van der Waals surface area contributed by atoms with Crippen LogP contribution in [0.3, 0.4) is 0 Å². The third-order valence-corrected chi connectivity index (χ3v) is 4.92. The predicted molar refractivity (Wildman–Crippen MR) is 124 cm³/mol. The van der Waals surface area contributed by atoms with Crippen molar-refractivity contribution in [2.24, 2.45) is 4.99 Å². The first-order valence-corrected chi connectivity index (χ1v) is 10.4. The SMILES string of the molecule is COc1cccc(CNC(=O)/C2=C/C(C(=O)NCc3ccc(C(=O)O)cc3)=C\CCC=N2)c1. The summed E-state index contributed by atoms with van der Waals surface area (Å²) < 4.78 is 5.19. The summed E-state index contributed by atoms with van der Waals surface area (Å²) in [4.78, 5) is 40.6. The van der Waals surface area contributed by atoms with Crippen molar-refractivity contribution in [1.29, 1.82) is 0 Å². The summed E-state index contributed by atoms with van der Waals surface area (Å²) in [6.45, 7) is 0.519. The summed E-state index contributed by atoms with van der Waals surface area (Å²) in [6.07, 6.45) is 6.12. The van der Waals surface area contributed by atoms with E-state index in [1.807, 2.05) is 24.3 Å². The number of benzene rings is 2. The average molecular weight is 447 g/mol. The number of aliphatic imine (C=N–C) groups is 1. The van der Waals surface area contributed by atoms with Crippen LogP contribution in [0.15, 0.2) is 76.9 Å². The molecule has 2 aromatic carbocycles. The van der Waals surface area contributed by atoms with E-state index >= 15 is 0 Å². The van der Waals surface area contributed by atoms with Gasteiger partial charge in [0.2, 0.25) is 0 Å². The Kier molecular flexibility index (Phi) is 8.13. The zero-order chi connectivity index (χ0) is 23.6. The van der Waals surface area contributed by atoms with E-state index in [-0.39, 0.29) is 29.6 Å². The Morgan fingerprint density at radius 3 is 2.42 bits per heavy atom. The molecular formula is C25H25N3O5. The monoisotopic (exact) mass is 447 g/mol. The Morgan fingerprint density at radius 2 is 1.70 bits per heavy atom. The number of methoxy groups -OCH3 is 1. The van der Waals surface area contributed by atoms with E-state index in [2.05, 4.69) is 15.6 Å². The summed E-state index contributed by atoms with van der Waals surface area (Å²) in [5.74, 6) is -1.04. The largest absolute Gasteiger partial charge is 0.497 e. The molecule has 0 unspecified atom stereocenters. The summed E-state index contributed by atoms with van der Waals surface area (Å²) in [6, 6.07) is 13.6. The molecule has 1 aliphatic rings. The van der Waals surface area contributed by atoms with E-state index in [0.717, 1.165) is 11.1 Å². The first-order valence-electron chi connectivity index (χ1n) is 10.4. The molecule has 3 rings (SSSR count). The minimum atomic E-state index is -1.01. The lowest BCUT2D eigenvalue weighted by Gasteiger charge is -2.11. The fraction of sp³-hybridized carbons (Fsp3) is 0.200. The van der Waals surface area contributed by atoms with Gasteiger partial charge in [-0.3, -0.25) is 14.6 Å². The third-order valence-electron chi connectivity index (χ3n) is 4.92. The second-order valence-electron chi connectivity index (χ2n) is 7.30. The molecule has 0 bridgehead atoms. The van der Waals surface area contributed by atoms with E-state index in [4.69, 9.17) is 9.84 Å². The van der Waals surface area contributed by atoms with Gasteiger partial charge in [-0.1, -0.05) is 30.3 Å². The summed E-state index contributed by atoms with van der Waals surface area (Å²) >= 11 is 0. The zero-order valence-electron chi connectivity index (χ0n) is 18.2. The van der Waals surface area contributed by atoms with Crippen molar-refractivity contribution in [2.75, 3.05) is 7.11 Å². The number of ether oxygens (including phenoxy) is 1. The van der Waals surface area contributed by atoms with Crippen LogP contribution in [0.4, 0.5) is 0 Å². The van der Waals surface area contributed by atoms with Crippen molar-refractivity contribution < 1.29 is 24.2 Å². The molecule has 3 N–H and O–H groups in total. The van der Waals surface area contributed by atoms with Crippen molar-refractivity contribution in [3.63, 3.8) is 0 Å². The lowest BCUT2D eigenvalue weighted by molar-refractivity contribution is -0.117. The van der Waals surface area contributed by atoms with Gasteiger partial charge in [0.1, 0.15) is 11.4 Å². The maximum absolute atomic E-state index is 12.7. The highest BCUT2D eigenvalue weighted by Gasteiger charge is 2.14. The van der Waals surface area contributed by atoms with Crippen LogP contribution in [0.25, 0.3) is 0 Å². The molecule has 0 saturated heterocycles. The second kappa shape index (κ2) is 11.4. The van der Waals surface area contributed by atoms with Crippen LogP contribution < -0.4 is 15.4 Å². The van der Waals surface area contributed by atoms with Gasteiger partial charge in [0.15, 0.2) is 0 Å². The molecule has 0 aliphatic carbocycles. The molecule has 0 saturated carbocycles. The highest BCUT2D eigenvalue weighted by Crippen LogP contribution is 2.14. The van der Waals surface area contributed by atoms with E-state index in [1.54, 1.807) is 31.5 Å². The van der Waals surface area contributed by atoms with Crippen molar-refractivity contribution in [3.05, 3.63) is 88.6 Å². The number of rotatable bonds is 8. The first-order chi connectivity index (χ1) is 16.0. The molecule has 2 amide bonds. The fourth-order valence-electron chi connectivity index (χ4n) is 3.11. The molecule has 2 aromatic rings. The van der Waals surface area contributed by atoms with Gasteiger partial charge in [-0.15, -0.1) is 0 Å². The molecular weight excluding hydrogens is 422 g/mol. The number of amides is 2. The average Bonchev–Trinajstić information content (AvgIpc) is 2.81. The molecule has 8 nitrogen and oxygen atoms in total. The maximum atomic E-state index is 12.7. The Hall–Kier alpha value is -4.20. The summed E-state index contributed by atoms with van der Waals surface area (Å²) in [7, 11) is 1.58. The van der Waals surface area contributed by atoms with Gasteiger partial charge in [0.25, 0.3) is 11.8 Å². The zero-order valence-corrected chi connectivity index (χ0v) is 18.2. The van der Waals surface area contributed by atoms with Crippen LogP contribution in [-0.4, -0.2) is 36.2 Å². The molecule has 1 aliphatic heterocycles. The molecule has 8 heteroatoms. The van der Waals surface area contributed by atoms with Gasteiger partial charge < -0.3 is 20.5 Å². The Bertz CT molecular complexity index is 1120. The standard InChI is InChI=1S/C25H25N3O5/c1-33-21-7-4-5-18(13-21)16-28-24(30)22-14-20(6-2-3-12-26-22)23(29)27-15-17-8-10-19(11-9-17)25(31)32/h4-14H,2-3,15-16H2,1H3,(H,27,29)(H,28,30)(H,31,32)/b20-6+,22-14-,26-12?. The highest BCUT2D eigenvalue weighted by atomic mass is 16.5. The molecule has 0 atom stereocenters. The van der Waals surface area contributed by atoms with E-state index < -0.39 is 5.97 Å². The molecule has 33 heavy (non-hydrogen) atoms. The summed E-state index contributed by atoms with van der Waals surface area (Å²) in [5.41, 5.74) is 2.31. The van der Waals surface area contributed by atoms with E-state index in [9.17, 15) is 14.4 Å². The number of allylic oxidation sites excluding steroid dienone is 1. The first kappa shape index (κ1) is 23.5. The lowest BCUT2D eigenvalue weighted by atomic mass is 10.1. The lowest BCUT2D eigenvalue weighted by Crippen LogP contribution is -2.27. The van der Waals surface area contributed by atoms with Gasteiger partial charge in [0, 0.05) is 24.9 Å². The van der Waals surface area contributed by atoms with E-state index in [0.29, 0.717) is 30.7 Å². The maximum Gasteiger partial charge on any atom is 0.335 e. The number of carboxylic acid groups (broad SMARTS) is 1. The normalized spacial score (nSPS) is 16.3. The Morgan fingerprint density at radius 1 is 0.970 bits per heavy atom. The molecule has 0 radical (unpaired) electrons. The van der Waals surface area contributed by atoms with Gasteiger partial charge in [-0.2, -0.15) is 0 Å². The second-order valence-corrected chi connectivity index (χ2v) is 7.30.